The van der Waals surface area contributed by atoms with Crippen LogP contribution in [0.2, 0.25) is 5.02 Å². The smallest absolute Gasteiger partial charge is 0.221 e. The highest BCUT2D eigenvalue weighted by atomic mass is 35.5. The predicted molar refractivity (Wildman–Crippen MR) is 103 cm³/mol. The van der Waals surface area contributed by atoms with Crippen molar-refractivity contribution in [2.24, 2.45) is 0 Å². The normalized spacial score (nSPS) is 10.8. The van der Waals surface area contributed by atoms with E-state index in [1.807, 2.05) is 13.0 Å². The lowest BCUT2D eigenvalue weighted by Crippen LogP contribution is -2.01. The average Bonchev–Trinajstić information content (AvgIpc) is 2.66. The zero-order chi connectivity index (χ0) is 18.8. The Morgan fingerprint density at radius 2 is 1.77 bits per heavy atom. The lowest BCUT2D eigenvalue weighted by Gasteiger charge is -2.18. The Bertz CT molecular complexity index is 976. The van der Waals surface area contributed by atoms with Crippen molar-refractivity contribution < 1.29 is 14.2 Å². The third-order valence-electron chi connectivity index (χ3n) is 4.24. The molecule has 26 heavy (non-hydrogen) atoms. The van der Waals surface area contributed by atoms with E-state index >= 15 is 0 Å². The molecule has 0 saturated carbocycles. The number of pyridine rings is 2. The third kappa shape index (κ3) is 2.97. The Balaban J connectivity index is 2.37. The first kappa shape index (κ1) is 18.1. The molecule has 0 aliphatic heterocycles. The maximum Gasteiger partial charge on any atom is 0.221 e. The summed E-state index contributed by atoms with van der Waals surface area (Å²) in [6, 6.07) is 5.42. The van der Waals surface area contributed by atoms with E-state index in [0.29, 0.717) is 40.3 Å². The summed E-state index contributed by atoms with van der Waals surface area (Å²) in [4.78, 5) is 8.81. The molecule has 6 nitrogen and oxygen atoms in total. The second kappa shape index (κ2) is 7.25. The summed E-state index contributed by atoms with van der Waals surface area (Å²) in [5.41, 5.74) is 8.14. The van der Waals surface area contributed by atoms with E-state index in [1.165, 1.54) is 0 Å². The van der Waals surface area contributed by atoms with E-state index < -0.39 is 0 Å². The van der Waals surface area contributed by atoms with Crippen molar-refractivity contribution in [1.29, 1.82) is 0 Å². The number of hydrogen-bond donors (Lipinski definition) is 1. The van der Waals surface area contributed by atoms with Crippen LogP contribution in [0.5, 0.6) is 17.4 Å². The summed E-state index contributed by atoms with van der Waals surface area (Å²) >= 11 is 6.63. The van der Waals surface area contributed by atoms with Gasteiger partial charge in [-0.2, -0.15) is 0 Å². The summed E-state index contributed by atoms with van der Waals surface area (Å²) in [5.74, 6) is 2.07. The van der Waals surface area contributed by atoms with Gasteiger partial charge in [-0.25, -0.2) is 9.97 Å². The fraction of sp³-hybridized carbons (Fsp3) is 0.263. The quantitative estimate of drug-likeness (QED) is 0.724. The van der Waals surface area contributed by atoms with Crippen LogP contribution in [0.1, 0.15) is 12.5 Å². The first-order valence-corrected chi connectivity index (χ1v) is 8.45. The number of benzene rings is 1. The molecule has 0 saturated heterocycles. The van der Waals surface area contributed by atoms with Crippen LogP contribution in [-0.2, 0) is 6.42 Å². The van der Waals surface area contributed by atoms with Crippen molar-refractivity contribution in [1.82, 2.24) is 9.97 Å². The van der Waals surface area contributed by atoms with Gasteiger partial charge in [0.15, 0.2) is 0 Å². The van der Waals surface area contributed by atoms with Crippen LogP contribution in [0.3, 0.4) is 0 Å². The fourth-order valence-electron chi connectivity index (χ4n) is 3.01. The van der Waals surface area contributed by atoms with Crippen molar-refractivity contribution in [3.63, 3.8) is 0 Å². The Labute approximate surface area is 156 Å². The Morgan fingerprint density at radius 3 is 2.38 bits per heavy atom. The number of fused-ring (bicyclic) bond motifs is 1. The minimum Gasteiger partial charge on any atom is -0.496 e. The highest BCUT2D eigenvalue weighted by molar-refractivity contribution is 6.35. The van der Waals surface area contributed by atoms with Gasteiger partial charge in [0, 0.05) is 34.2 Å². The van der Waals surface area contributed by atoms with Crippen LogP contribution in [0.25, 0.3) is 22.0 Å². The lowest BCUT2D eigenvalue weighted by molar-refractivity contribution is 0.391. The average molecular weight is 374 g/mol. The first-order chi connectivity index (χ1) is 12.5. The largest absolute Gasteiger partial charge is 0.496 e. The molecule has 0 spiro atoms. The second-order valence-electron chi connectivity index (χ2n) is 5.65. The lowest BCUT2D eigenvalue weighted by atomic mass is 9.98. The number of methoxy groups -OCH3 is 3. The zero-order valence-electron chi connectivity index (χ0n) is 15.1. The third-order valence-corrected chi connectivity index (χ3v) is 4.62. The van der Waals surface area contributed by atoms with Gasteiger partial charge in [0.1, 0.15) is 17.3 Å². The number of halogens is 1. The number of nitrogen functional groups attached to an aromatic ring is 1. The van der Waals surface area contributed by atoms with Crippen molar-refractivity contribution in [3.8, 4) is 28.6 Å². The molecule has 0 unspecified atom stereocenters. The van der Waals surface area contributed by atoms with E-state index in [4.69, 9.17) is 31.5 Å². The summed E-state index contributed by atoms with van der Waals surface area (Å²) in [6.45, 7) is 2.03. The second-order valence-corrected chi connectivity index (χ2v) is 6.03. The standard InChI is InChI=1S/C19H20ClN3O3/c1-5-11-14(24-2)8-15(25-3)18(20)17(11)13-6-10-9-22-16(21)7-12(10)19(23-13)26-4/h6-9H,5H2,1-4H3,(H2,21,22). The van der Waals surface area contributed by atoms with E-state index in [-0.39, 0.29) is 0 Å². The molecule has 0 amide bonds. The number of aromatic nitrogens is 2. The summed E-state index contributed by atoms with van der Waals surface area (Å²) in [6.07, 6.45) is 2.40. The summed E-state index contributed by atoms with van der Waals surface area (Å²) in [5, 5.41) is 2.11. The number of ether oxygens (including phenoxy) is 3. The van der Waals surface area contributed by atoms with Gasteiger partial charge in [-0.15, -0.1) is 0 Å². The number of nitrogens with two attached hydrogens (primary N) is 1. The molecule has 1 aromatic carbocycles. The van der Waals surface area contributed by atoms with Gasteiger partial charge >= 0.3 is 0 Å². The van der Waals surface area contributed by atoms with Gasteiger partial charge in [0.2, 0.25) is 5.88 Å². The molecule has 0 aliphatic carbocycles. The zero-order valence-corrected chi connectivity index (χ0v) is 15.8. The van der Waals surface area contributed by atoms with Crippen LogP contribution in [0.4, 0.5) is 5.82 Å². The van der Waals surface area contributed by atoms with Crippen LogP contribution in [0.15, 0.2) is 24.4 Å². The number of hydrogen-bond acceptors (Lipinski definition) is 6. The maximum atomic E-state index is 6.63. The van der Waals surface area contributed by atoms with Crippen LogP contribution < -0.4 is 19.9 Å². The maximum absolute atomic E-state index is 6.63. The molecule has 136 valence electrons. The summed E-state index contributed by atoms with van der Waals surface area (Å²) < 4.78 is 16.4. The molecule has 3 aromatic rings. The van der Waals surface area contributed by atoms with E-state index in [0.717, 1.165) is 21.9 Å². The van der Waals surface area contributed by atoms with Gasteiger partial charge in [-0.05, 0) is 18.6 Å². The van der Waals surface area contributed by atoms with Crippen molar-refractivity contribution >= 4 is 28.2 Å². The van der Waals surface area contributed by atoms with Gasteiger partial charge < -0.3 is 19.9 Å². The molecule has 7 heteroatoms. The molecule has 2 heterocycles. The van der Waals surface area contributed by atoms with Gasteiger partial charge in [-0.3, -0.25) is 0 Å². The SMILES string of the molecule is CCc1c(OC)cc(OC)c(Cl)c1-c1cc2cnc(N)cc2c(OC)n1. The highest BCUT2D eigenvalue weighted by Crippen LogP contribution is 2.44. The molecular weight excluding hydrogens is 354 g/mol. The molecule has 3 rings (SSSR count). The Hall–Kier alpha value is -2.73. The first-order valence-electron chi connectivity index (χ1n) is 8.08. The van der Waals surface area contributed by atoms with Crippen LogP contribution >= 0.6 is 11.6 Å². The summed E-state index contributed by atoms with van der Waals surface area (Å²) in [7, 11) is 4.75. The Morgan fingerprint density at radius 1 is 1.04 bits per heavy atom. The molecule has 0 aliphatic rings. The fourth-order valence-corrected chi connectivity index (χ4v) is 3.35. The molecule has 0 bridgehead atoms. The molecule has 2 N–H and O–H groups in total. The highest BCUT2D eigenvalue weighted by Gasteiger charge is 2.21. The molecular formula is C19H20ClN3O3. The monoisotopic (exact) mass is 373 g/mol. The van der Waals surface area contributed by atoms with E-state index in [1.54, 1.807) is 39.7 Å². The van der Waals surface area contributed by atoms with E-state index in [2.05, 4.69) is 9.97 Å². The minimum atomic E-state index is 0.403. The molecule has 2 aromatic heterocycles. The predicted octanol–water partition coefficient (Wildman–Crippen LogP) is 4.12. The number of nitrogens with zero attached hydrogens (tertiary/aromatic N) is 2. The molecule has 0 fully saturated rings. The van der Waals surface area contributed by atoms with Gasteiger partial charge in [0.05, 0.1) is 32.0 Å². The van der Waals surface area contributed by atoms with Gasteiger partial charge in [0.25, 0.3) is 0 Å². The van der Waals surface area contributed by atoms with Crippen molar-refractivity contribution in [2.45, 2.75) is 13.3 Å². The molecule has 0 radical (unpaired) electrons. The van der Waals surface area contributed by atoms with Crippen LogP contribution in [0, 0.1) is 0 Å². The number of anilines is 1. The number of rotatable bonds is 5. The topological polar surface area (TPSA) is 79.5 Å². The molecule has 0 atom stereocenters. The van der Waals surface area contributed by atoms with Gasteiger partial charge in [-0.1, -0.05) is 18.5 Å². The van der Waals surface area contributed by atoms with Crippen LogP contribution in [-0.4, -0.2) is 31.3 Å². The van der Waals surface area contributed by atoms with E-state index in [9.17, 15) is 0 Å². The minimum absolute atomic E-state index is 0.403. The van der Waals surface area contributed by atoms with Crippen molar-refractivity contribution in [3.05, 3.63) is 35.0 Å². The Kier molecular flexibility index (Phi) is 5.04. The van der Waals surface area contributed by atoms with Crippen molar-refractivity contribution in [2.75, 3.05) is 27.1 Å².